The third-order valence-corrected chi connectivity index (χ3v) is 5.89. The molecule has 4 heterocycles. The number of benzene rings is 1. The normalized spacial score (nSPS) is 17.8. The third kappa shape index (κ3) is 4.91. The quantitative estimate of drug-likeness (QED) is 0.532. The van der Waals surface area contributed by atoms with E-state index in [1.165, 1.54) is 29.6 Å². The van der Waals surface area contributed by atoms with E-state index in [0.29, 0.717) is 49.0 Å². The van der Waals surface area contributed by atoms with Crippen molar-refractivity contribution in [3.63, 3.8) is 0 Å². The summed E-state index contributed by atoms with van der Waals surface area (Å²) in [7, 11) is 0. The number of aromatic nitrogens is 3. The highest BCUT2D eigenvalue weighted by Gasteiger charge is 2.33. The summed E-state index contributed by atoms with van der Waals surface area (Å²) >= 11 is 0. The topological polar surface area (TPSA) is 108 Å². The average Bonchev–Trinajstić information content (AvgIpc) is 3.28. The molecule has 10 nitrogen and oxygen atoms in total. The van der Waals surface area contributed by atoms with Crippen LogP contribution in [0.15, 0.2) is 55.1 Å². The summed E-state index contributed by atoms with van der Waals surface area (Å²) in [5.41, 5.74) is 1.43. The zero-order valence-electron chi connectivity index (χ0n) is 18.7. The molecule has 11 heteroatoms. The summed E-state index contributed by atoms with van der Waals surface area (Å²) in [6.07, 6.45) is 5.02. The van der Waals surface area contributed by atoms with E-state index in [1.54, 1.807) is 24.4 Å². The Morgan fingerprint density at radius 3 is 2.60 bits per heavy atom. The smallest absolute Gasteiger partial charge is 0.414 e. The minimum Gasteiger partial charge on any atom is -0.473 e. The van der Waals surface area contributed by atoms with Gasteiger partial charge in [-0.2, -0.15) is 5.26 Å². The number of pyridine rings is 1. The van der Waals surface area contributed by atoms with E-state index in [4.69, 9.17) is 14.7 Å². The lowest BCUT2D eigenvalue weighted by molar-refractivity contribution is 0.103. The van der Waals surface area contributed by atoms with Crippen LogP contribution >= 0.6 is 0 Å². The molecule has 2 fully saturated rings. The lowest BCUT2D eigenvalue weighted by Gasteiger charge is -2.37. The van der Waals surface area contributed by atoms with Gasteiger partial charge < -0.3 is 19.3 Å². The molecule has 1 aromatic carbocycles. The van der Waals surface area contributed by atoms with Crippen molar-refractivity contribution >= 4 is 23.3 Å². The first-order valence-electron chi connectivity index (χ1n) is 11.1. The zero-order chi connectivity index (χ0) is 24.2. The first-order chi connectivity index (χ1) is 17.1. The lowest BCUT2D eigenvalue weighted by atomic mass is 10.2. The molecule has 1 unspecified atom stereocenters. The first kappa shape index (κ1) is 22.3. The van der Waals surface area contributed by atoms with Crippen molar-refractivity contribution in [1.82, 2.24) is 15.0 Å². The van der Waals surface area contributed by atoms with Gasteiger partial charge >= 0.3 is 6.09 Å². The van der Waals surface area contributed by atoms with Crippen LogP contribution in [0, 0.1) is 17.1 Å². The standard InChI is InChI=1S/C24H22FN7O3/c25-20-11-18(32-15-19(35-24(32)33)16-34-23-14-27-5-6-28-23)2-3-21(20)30-7-9-31(10-8-30)22-4-1-17(12-26)13-29-22/h1-6,11,13-14,19H,7-10,15-16H2. The summed E-state index contributed by atoms with van der Waals surface area (Å²) in [5, 5.41) is 8.92. The number of hydrogen-bond acceptors (Lipinski definition) is 9. The van der Waals surface area contributed by atoms with E-state index in [9.17, 15) is 4.79 Å². The Kier molecular flexibility index (Phi) is 6.26. The number of piperazine rings is 1. The maximum atomic E-state index is 15.1. The highest BCUT2D eigenvalue weighted by molar-refractivity contribution is 5.90. The van der Waals surface area contributed by atoms with Crippen molar-refractivity contribution in [2.24, 2.45) is 0 Å². The van der Waals surface area contributed by atoms with E-state index in [2.05, 4.69) is 25.9 Å². The van der Waals surface area contributed by atoms with Crippen molar-refractivity contribution in [1.29, 1.82) is 5.26 Å². The van der Waals surface area contributed by atoms with Gasteiger partial charge in [0, 0.05) is 44.8 Å². The van der Waals surface area contributed by atoms with Gasteiger partial charge in [0.05, 0.1) is 29.7 Å². The van der Waals surface area contributed by atoms with Gasteiger partial charge in [0.1, 0.15) is 24.3 Å². The molecule has 35 heavy (non-hydrogen) atoms. The van der Waals surface area contributed by atoms with Gasteiger partial charge in [-0.1, -0.05) is 0 Å². The Balaban J connectivity index is 1.19. The second-order valence-electron chi connectivity index (χ2n) is 8.10. The number of rotatable bonds is 6. The minimum atomic E-state index is -0.548. The third-order valence-electron chi connectivity index (χ3n) is 5.89. The van der Waals surface area contributed by atoms with Crippen LogP contribution in [-0.4, -0.2) is 66.5 Å². The molecule has 0 aliphatic carbocycles. The molecule has 0 bridgehead atoms. The van der Waals surface area contributed by atoms with Gasteiger partial charge in [-0.05, 0) is 30.3 Å². The Bertz CT molecular complexity index is 1230. The molecule has 2 aliphatic heterocycles. The molecule has 3 aromatic rings. The molecule has 1 atom stereocenters. The molecular formula is C24H22FN7O3. The number of hydrogen-bond donors (Lipinski definition) is 0. The number of cyclic esters (lactones) is 1. The molecule has 178 valence electrons. The molecule has 5 rings (SSSR count). The minimum absolute atomic E-state index is 0.125. The molecule has 1 amide bonds. The fourth-order valence-corrected chi connectivity index (χ4v) is 4.09. The summed E-state index contributed by atoms with van der Waals surface area (Å²) in [6, 6.07) is 10.4. The van der Waals surface area contributed by atoms with Gasteiger partial charge in [0.25, 0.3) is 0 Å². The van der Waals surface area contributed by atoms with Crippen molar-refractivity contribution < 1.29 is 18.7 Å². The van der Waals surface area contributed by atoms with Gasteiger partial charge in [0.15, 0.2) is 6.10 Å². The van der Waals surface area contributed by atoms with Crippen LogP contribution in [0.1, 0.15) is 5.56 Å². The van der Waals surface area contributed by atoms with Crippen LogP contribution in [0.25, 0.3) is 0 Å². The predicted octanol–water partition coefficient (Wildman–Crippen LogP) is 2.61. The largest absolute Gasteiger partial charge is 0.473 e. The van der Waals surface area contributed by atoms with Gasteiger partial charge in [-0.25, -0.2) is 19.2 Å². The number of carbonyl (C=O) groups excluding carboxylic acids is 1. The zero-order valence-corrected chi connectivity index (χ0v) is 18.7. The van der Waals surface area contributed by atoms with Crippen LogP contribution < -0.4 is 19.4 Å². The van der Waals surface area contributed by atoms with Gasteiger partial charge in [-0.3, -0.25) is 9.88 Å². The first-order valence-corrected chi connectivity index (χ1v) is 11.1. The number of nitrogens with zero attached hydrogens (tertiary/aromatic N) is 7. The maximum Gasteiger partial charge on any atom is 0.414 e. The van der Waals surface area contributed by atoms with Crippen molar-refractivity contribution in [2.45, 2.75) is 6.10 Å². The number of halogens is 1. The highest BCUT2D eigenvalue weighted by Crippen LogP contribution is 2.29. The number of nitriles is 1. The second-order valence-corrected chi connectivity index (χ2v) is 8.10. The van der Waals surface area contributed by atoms with E-state index in [0.717, 1.165) is 5.82 Å². The fraction of sp³-hybridized carbons (Fsp3) is 0.292. The van der Waals surface area contributed by atoms with Crippen LogP contribution in [0.4, 0.5) is 26.4 Å². The monoisotopic (exact) mass is 475 g/mol. The summed E-state index contributed by atoms with van der Waals surface area (Å²) in [6.45, 7) is 2.95. The summed E-state index contributed by atoms with van der Waals surface area (Å²) in [5.74, 6) is 0.733. The number of carbonyl (C=O) groups is 1. The maximum absolute atomic E-state index is 15.1. The molecule has 0 saturated carbocycles. The van der Waals surface area contributed by atoms with Crippen LogP contribution in [-0.2, 0) is 4.74 Å². The summed E-state index contributed by atoms with van der Waals surface area (Å²) in [4.78, 5) is 30.1. The Labute approximate surface area is 201 Å². The Morgan fingerprint density at radius 2 is 1.91 bits per heavy atom. The van der Waals surface area contributed by atoms with Crippen molar-refractivity contribution in [3.8, 4) is 11.9 Å². The van der Waals surface area contributed by atoms with E-state index >= 15 is 4.39 Å². The number of ether oxygens (including phenoxy) is 2. The SMILES string of the molecule is N#Cc1ccc(N2CCN(c3ccc(N4CC(COc5cnccn5)OC4=O)cc3F)CC2)nc1. The molecule has 2 aromatic heterocycles. The van der Waals surface area contributed by atoms with Crippen molar-refractivity contribution in [3.05, 3.63) is 66.5 Å². The number of anilines is 3. The van der Waals surface area contributed by atoms with Crippen LogP contribution in [0.5, 0.6) is 5.88 Å². The van der Waals surface area contributed by atoms with E-state index < -0.39 is 18.0 Å². The van der Waals surface area contributed by atoms with Crippen LogP contribution in [0.3, 0.4) is 0 Å². The lowest BCUT2D eigenvalue weighted by Crippen LogP contribution is -2.47. The summed E-state index contributed by atoms with van der Waals surface area (Å²) < 4.78 is 25.9. The highest BCUT2D eigenvalue weighted by atomic mass is 19.1. The molecule has 0 N–H and O–H groups in total. The van der Waals surface area contributed by atoms with E-state index in [-0.39, 0.29) is 13.2 Å². The van der Waals surface area contributed by atoms with Gasteiger partial charge in [0.2, 0.25) is 5.88 Å². The molecule has 2 aliphatic rings. The van der Waals surface area contributed by atoms with Gasteiger partial charge in [-0.15, -0.1) is 0 Å². The fourth-order valence-electron chi connectivity index (χ4n) is 4.09. The second kappa shape index (κ2) is 9.80. The molecule has 0 spiro atoms. The van der Waals surface area contributed by atoms with Crippen LogP contribution in [0.2, 0.25) is 0 Å². The average molecular weight is 475 g/mol. The number of amides is 1. The Hall–Kier alpha value is -4.46. The van der Waals surface area contributed by atoms with E-state index in [1.807, 2.05) is 11.0 Å². The van der Waals surface area contributed by atoms with Crippen molar-refractivity contribution in [2.75, 3.05) is 54.0 Å². The Morgan fingerprint density at radius 1 is 1.09 bits per heavy atom. The molecular weight excluding hydrogens is 453 g/mol. The molecule has 2 saturated heterocycles. The predicted molar refractivity (Wildman–Crippen MR) is 125 cm³/mol. The molecule has 0 radical (unpaired) electrons.